The number of rotatable bonds is 4. The SMILES string of the molecule is O=C(O)[C@H]1CC[C@@H](NC(=O)C2(c3ccc(F)cc3)CCCCC2)C1. The molecule has 2 aliphatic carbocycles. The topological polar surface area (TPSA) is 66.4 Å². The highest BCUT2D eigenvalue weighted by Gasteiger charge is 2.42. The van der Waals surface area contributed by atoms with Crippen molar-refractivity contribution in [3.8, 4) is 0 Å². The molecule has 0 aromatic heterocycles. The Hall–Kier alpha value is -1.91. The Kier molecular flexibility index (Phi) is 4.88. The van der Waals surface area contributed by atoms with Gasteiger partial charge < -0.3 is 10.4 Å². The van der Waals surface area contributed by atoms with Crippen LogP contribution in [0.1, 0.15) is 56.9 Å². The third-order valence-corrected chi connectivity index (χ3v) is 5.66. The van der Waals surface area contributed by atoms with E-state index in [-0.39, 0.29) is 23.7 Å². The lowest BCUT2D eigenvalue weighted by molar-refractivity contribution is -0.141. The summed E-state index contributed by atoms with van der Waals surface area (Å²) in [5.41, 5.74) is 0.265. The molecule has 0 unspecified atom stereocenters. The fourth-order valence-electron chi connectivity index (χ4n) is 4.23. The largest absolute Gasteiger partial charge is 0.481 e. The molecule has 3 rings (SSSR count). The molecular weight excluding hydrogens is 309 g/mol. The summed E-state index contributed by atoms with van der Waals surface area (Å²) in [5, 5.41) is 12.2. The van der Waals surface area contributed by atoms with Gasteiger partial charge in [0.1, 0.15) is 5.82 Å². The van der Waals surface area contributed by atoms with Crippen molar-refractivity contribution in [3.05, 3.63) is 35.6 Å². The second kappa shape index (κ2) is 6.91. The summed E-state index contributed by atoms with van der Waals surface area (Å²) in [4.78, 5) is 24.2. The molecule has 1 amide bonds. The smallest absolute Gasteiger partial charge is 0.306 e. The van der Waals surface area contributed by atoms with Crippen LogP contribution >= 0.6 is 0 Å². The van der Waals surface area contributed by atoms with Gasteiger partial charge in [0, 0.05) is 6.04 Å². The lowest BCUT2D eigenvalue weighted by Gasteiger charge is -2.37. The average molecular weight is 333 g/mol. The quantitative estimate of drug-likeness (QED) is 0.887. The molecule has 24 heavy (non-hydrogen) atoms. The van der Waals surface area contributed by atoms with Crippen molar-refractivity contribution in [1.29, 1.82) is 0 Å². The molecule has 0 aliphatic heterocycles. The Bertz CT molecular complexity index is 608. The number of hydrogen-bond donors (Lipinski definition) is 2. The summed E-state index contributed by atoms with van der Waals surface area (Å²) in [6.07, 6.45) is 6.42. The second-order valence-corrected chi connectivity index (χ2v) is 7.17. The van der Waals surface area contributed by atoms with E-state index < -0.39 is 11.4 Å². The number of aliphatic carboxylic acids is 1. The van der Waals surface area contributed by atoms with Gasteiger partial charge in [0.05, 0.1) is 11.3 Å². The van der Waals surface area contributed by atoms with Gasteiger partial charge in [-0.1, -0.05) is 31.4 Å². The normalized spacial score (nSPS) is 26.0. The maximum Gasteiger partial charge on any atom is 0.306 e. The van der Waals surface area contributed by atoms with E-state index in [0.717, 1.165) is 37.7 Å². The molecule has 1 aromatic rings. The van der Waals surface area contributed by atoms with Crippen molar-refractivity contribution >= 4 is 11.9 Å². The van der Waals surface area contributed by atoms with Crippen LogP contribution in [0, 0.1) is 11.7 Å². The minimum absolute atomic E-state index is 0.0233. The fourth-order valence-corrected chi connectivity index (χ4v) is 4.23. The number of amides is 1. The summed E-state index contributed by atoms with van der Waals surface area (Å²) < 4.78 is 13.3. The van der Waals surface area contributed by atoms with Crippen molar-refractivity contribution in [1.82, 2.24) is 5.32 Å². The van der Waals surface area contributed by atoms with Crippen LogP contribution in [0.2, 0.25) is 0 Å². The van der Waals surface area contributed by atoms with Crippen LogP contribution in [-0.4, -0.2) is 23.0 Å². The van der Waals surface area contributed by atoms with Crippen LogP contribution in [-0.2, 0) is 15.0 Å². The van der Waals surface area contributed by atoms with E-state index in [1.165, 1.54) is 12.1 Å². The first-order valence-corrected chi connectivity index (χ1v) is 8.81. The van der Waals surface area contributed by atoms with Crippen LogP contribution in [0.4, 0.5) is 4.39 Å². The molecular formula is C19H24FNO3. The fraction of sp³-hybridized carbons (Fsp3) is 0.579. The molecule has 2 saturated carbocycles. The average Bonchev–Trinajstić information content (AvgIpc) is 3.05. The minimum Gasteiger partial charge on any atom is -0.481 e. The van der Waals surface area contributed by atoms with Gasteiger partial charge in [-0.3, -0.25) is 9.59 Å². The number of hydrogen-bond acceptors (Lipinski definition) is 2. The summed E-state index contributed by atoms with van der Waals surface area (Å²) in [6.45, 7) is 0. The standard InChI is InChI=1S/C19H24FNO3/c20-15-7-5-14(6-8-15)19(10-2-1-3-11-19)18(24)21-16-9-4-13(12-16)17(22)23/h5-8,13,16H,1-4,9-12H2,(H,21,24)(H,22,23)/t13-,16+/m0/s1. The Morgan fingerprint density at radius 1 is 1.08 bits per heavy atom. The molecule has 0 bridgehead atoms. The number of benzene rings is 1. The molecule has 4 nitrogen and oxygen atoms in total. The highest BCUT2D eigenvalue weighted by molar-refractivity contribution is 5.88. The molecule has 2 fully saturated rings. The first-order valence-electron chi connectivity index (χ1n) is 8.81. The van der Waals surface area contributed by atoms with Gasteiger partial charge in [0.15, 0.2) is 0 Å². The molecule has 2 atom stereocenters. The lowest BCUT2D eigenvalue weighted by Crippen LogP contribution is -2.48. The number of nitrogens with one attached hydrogen (secondary N) is 1. The van der Waals surface area contributed by atoms with Crippen molar-refractivity contribution in [2.75, 3.05) is 0 Å². The molecule has 2 N–H and O–H groups in total. The number of carbonyl (C=O) groups excluding carboxylic acids is 1. The van der Waals surface area contributed by atoms with Crippen molar-refractivity contribution in [2.24, 2.45) is 5.92 Å². The van der Waals surface area contributed by atoms with E-state index in [1.807, 2.05) is 0 Å². The second-order valence-electron chi connectivity index (χ2n) is 7.17. The third-order valence-electron chi connectivity index (χ3n) is 5.66. The van der Waals surface area contributed by atoms with Crippen LogP contribution in [0.15, 0.2) is 24.3 Å². The van der Waals surface area contributed by atoms with Crippen molar-refractivity contribution in [2.45, 2.75) is 62.8 Å². The van der Waals surface area contributed by atoms with E-state index in [2.05, 4.69) is 5.32 Å². The maximum atomic E-state index is 13.3. The summed E-state index contributed by atoms with van der Waals surface area (Å²) in [6, 6.07) is 6.19. The number of carbonyl (C=O) groups is 2. The minimum atomic E-state index is -0.780. The zero-order chi connectivity index (χ0) is 17.2. The van der Waals surface area contributed by atoms with Crippen LogP contribution in [0.3, 0.4) is 0 Å². The predicted molar refractivity (Wildman–Crippen MR) is 88.1 cm³/mol. The summed E-state index contributed by atoms with van der Waals surface area (Å²) in [7, 11) is 0. The van der Waals surface area contributed by atoms with E-state index in [9.17, 15) is 14.0 Å². The van der Waals surface area contributed by atoms with Gasteiger partial charge >= 0.3 is 5.97 Å². The van der Waals surface area contributed by atoms with Gasteiger partial charge in [-0.2, -0.15) is 0 Å². The van der Waals surface area contributed by atoms with E-state index in [0.29, 0.717) is 19.3 Å². The summed E-state index contributed by atoms with van der Waals surface area (Å²) >= 11 is 0. The number of halogens is 1. The monoisotopic (exact) mass is 333 g/mol. The molecule has 130 valence electrons. The van der Waals surface area contributed by atoms with Gasteiger partial charge in [-0.25, -0.2) is 4.39 Å². The van der Waals surface area contributed by atoms with E-state index in [4.69, 9.17) is 5.11 Å². The van der Waals surface area contributed by atoms with Crippen molar-refractivity contribution < 1.29 is 19.1 Å². The molecule has 1 aromatic carbocycles. The Morgan fingerprint density at radius 2 is 1.75 bits per heavy atom. The number of carboxylic acid groups (broad SMARTS) is 1. The predicted octanol–water partition coefficient (Wildman–Crippen LogP) is 3.40. The first-order chi connectivity index (χ1) is 11.5. The Morgan fingerprint density at radius 3 is 2.33 bits per heavy atom. The third kappa shape index (κ3) is 3.30. The molecule has 0 heterocycles. The first kappa shape index (κ1) is 16.9. The maximum absolute atomic E-state index is 13.3. The Balaban J connectivity index is 1.77. The molecule has 0 saturated heterocycles. The van der Waals surface area contributed by atoms with Crippen LogP contribution in [0.5, 0.6) is 0 Å². The number of carboxylic acids is 1. The lowest BCUT2D eigenvalue weighted by atomic mass is 9.68. The molecule has 0 spiro atoms. The molecule has 2 aliphatic rings. The molecule has 0 radical (unpaired) electrons. The van der Waals surface area contributed by atoms with Crippen molar-refractivity contribution in [3.63, 3.8) is 0 Å². The van der Waals surface area contributed by atoms with E-state index >= 15 is 0 Å². The van der Waals surface area contributed by atoms with E-state index in [1.54, 1.807) is 12.1 Å². The van der Waals surface area contributed by atoms with Crippen LogP contribution in [0.25, 0.3) is 0 Å². The van der Waals surface area contributed by atoms with Gasteiger partial charge in [-0.15, -0.1) is 0 Å². The van der Waals surface area contributed by atoms with Gasteiger partial charge in [0.25, 0.3) is 0 Å². The van der Waals surface area contributed by atoms with Gasteiger partial charge in [0.2, 0.25) is 5.91 Å². The zero-order valence-corrected chi connectivity index (χ0v) is 13.8. The molecule has 5 heteroatoms. The van der Waals surface area contributed by atoms with Gasteiger partial charge in [-0.05, 0) is 49.8 Å². The highest BCUT2D eigenvalue weighted by Crippen LogP contribution is 2.40. The highest BCUT2D eigenvalue weighted by atomic mass is 19.1. The Labute approximate surface area is 141 Å². The summed E-state index contributed by atoms with van der Waals surface area (Å²) in [5.74, 6) is -1.46. The zero-order valence-electron chi connectivity index (χ0n) is 13.8. The van der Waals surface area contributed by atoms with Crippen LogP contribution < -0.4 is 5.32 Å².